The summed E-state index contributed by atoms with van der Waals surface area (Å²) >= 11 is 1.72. The smallest absolute Gasteiger partial charge is 0.0897 e. The van der Waals surface area contributed by atoms with Gasteiger partial charge in [0.1, 0.15) is 0 Å². The van der Waals surface area contributed by atoms with E-state index in [9.17, 15) is 0 Å². The van der Waals surface area contributed by atoms with Crippen molar-refractivity contribution in [3.63, 3.8) is 0 Å². The van der Waals surface area contributed by atoms with Gasteiger partial charge in [0.2, 0.25) is 0 Å². The van der Waals surface area contributed by atoms with Gasteiger partial charge in [0.25, 0.3) is 0 Å². The Morgan fingerprint density at radius 2 is 2.12 bits per heavy atom. The zero-order valence-electron chi connectivity index (χ0n) is 10.6. The summed E-state index contributed by atoms with van der Waals surface area (Å²) in [4.78, 5) is 6.87. The van der Waals surface area contributed by atoms with E-state index < -0.39 is 0 Å². The highest BCUT2D eigenvalue weighted by Crippen LogP contribution is 2.07. The van der Waals surface area contributed by atoms with Crippen LogP contribution < -0.4 is 5.32 Å². The van der Waals surface area contributed by atoms with Gasteiger partial charge in [-0.25, -0.2) is 4.98 Å². The van der Waals surface area contributed by atoms with Gasteiger partial charge < -0.3 is 10.2 Å². The van der Waals surface area contributed by atoms with Crippen LogP contribution in [0.2, 0.25) is 0 Å². The Morgan fingerprint density at radius 1 is 1.38 bits per heavy atom. The van der Waals surface area contributed by atoms with E-state index in [2.05, 4.69) is 41.4 Å². The maximum atomic E-state index is 4.42. The minimum absolute atomic E-state index is 0.905. The van der Waals surface area contributed by atoms with Crippen LogP contribution in [0.15, 0.2) is 5.38 Å². The van der Waals surface area contributed by atoms with Crippen LogP contribution in [0.25, 0.3) is 0 Å². The molecule has 1 aromatic rings. The second kappa shape index (κ2) is 7.76. The first-order valence-corrected chi connectivity index (χ1v) is 6.98. The second-order valence-corrected chi connectivity index (χ2v) is 4.98. The number of hydrogen-bond donors (Lipinski definition) is 1. The Hall–Kier alpha value is -0.450. The first-order chi connectivity index (χ1) is 7.76. The molecule has 0 saturated carbocycles. The predicted molar refractivity (Wildman–Crippen MR) is 71.0 cm³/mol. The Bertz CT molecular complexity index is 282. The summed E-state index contributed by atoms with van der Waals surface area (Å²) in [6.45, 7) is 12.0. The first kappa shape index (κ1) is 13.6. The van der Waals surface area contributed by atoms with E-state index in [0.717, 1.165) is 31.2 Å². The summed E-state index contributed by atoms with van der Waals surface area (Å²) in [6.07, 6.45) is 1.21. The summed E-state index contributed by atoms with van der Waals surface area (Å²) in [7, 11) is 0. The number of nitrogens with one attached hydrogen (secondary N) is 1. The highest BCUT2D eigenvalue weighted by Gasteiger charge is 1.99. The third-order valence-corrected chi connectivity index (χ3v) is 3.52. The molecule has 0 saturated heterocycles. The standard InChI is InChI=1S/C12H23N3S/c1-4-15(5-2)8-6-7-13-9-12-10-16-11(3)14-12/h10,13H,4-9H2,1-3H3. The molecule has 0 bridgehead atoms. The molecule has 1 rings (SSSR count). The largest absolute Gasteiger partial charge is 0.311 e. The molecule has 0 fully saturated rings. The normalized spacial score (nSPS) is 11.2. The summed E-state index contributed by atoms with van der Waals surface area (Å²) in [5.74, 6) is 0. The molecule has 0 radical (unpaired) electrons. The van der Waals surface area contributed by atoms with Gasteiger partial charge in [0.15, 0.2) is 0 Å². The van der Waals surface area contributed by atoms with Crippen molar-refractivity contribution in [2.24, 2.45) is 0 Å². The minimum Gasteiger partial charge on any atom is -0.311 e. The molecule has 0 aromatic carbocycles. The van der Waals surface area contributed by atoms with E-state index in [1.807, 2.05) is 0 Å². The number of hydrogen-bond acceptors (Lipinski definition) is 4. The Morgan fingerprint density at radius 3 is 2.69 bits per heavy atom. The zero-order chi connectivity index (χ0) is 11.8. The Kier molecular flexibility index (Phi) is 6.61. The molecule has 0 spiro atoms. The fraction of sp³-hybridized carbons (Fsp3) is 0.750. The van der Waals surface area contributed by atoms with Gasteiger partial charge in [-0.15, -0.1) is 11.3 Å². The van der Waals surface area contributed by atoms with Gasteiger partial charge in [-0.1, -0.05) is 13.8 Å². The average molecular weight is 241 g/mol. The van der Waals surface area contributed by atoms with Crippen LogP contribution in [0.1, 0.15) is 31.0 Å². The lowest BCUT2D eigenvalue weighted by Crippen LogP contribution is -2.27. The summed E-state index contributed by atoms with van der Waals surface area (Å²) in [6, 6.07) is 0. The lowest BCUT2D eigenvalue weighted by molar-refractivity contribution is 0.298. The van der Waals surface area contributed by atoms with E-state index in [0.29, 0.717) is 0 Å². The van der Waals surface area contributed by atoms with Crippen LogP contribution in [0.5, 0.6) is 0 Å². The maximum absolute atomic E-state index is 4.42. The molecular weight excluding hydrogens is 218 g/mol. The molecule has 4 heteroatoms. The summed E-state index contributed by atoms with van der Waals surface area (Å²) in [5, 5.41) is 6.72. The molecule has 0 aliphatic carbocycles. The van der Waals surface area contributed by atoms with Crippen LogP contribution >= 0.6 is 11.3 Å². The number of aromatic nitrogens is 1. The molecule has 0 atom stereocenters. The molecular formula is C12H23N3S. The highest BCUT2D eigenvalue weighted by molar-refractivity contribution is 7.09. The SMILES string of the molecule is CCN(CC)CCCNCc1csc(C)n1. The van der Waals surface area contributed by atoms with Crippen LogP contribution in [-0.4, -0.2) is 36.1 Å². The van der Waals surface area contributed by atoms with Crippen LogP contribution in [-0.2, 0) is 6.54 Å². The van der Waals surface area contributed by atoms with Crippen molar-refractivity contribution in [2.45, 2.75) is 33.7 Å². The third kappa shape index (κ3) is 5.05. The van der Waals surface area contributed by atoms with Gasteiger partial charge in [-0.3, -0.25) is 0 Å². The maximum Gasteiger partial charge on any atom is 0.0897 e. The lowest BCUT2D eigenvalue weighted by Gasteiger charge is -2.17. The van der Waals surface area contributed by atoms with Crippen molar-refractivity contribution < 1.29 is 0 Å². The molecule has 0 aliphatic rings. The van der Waals surface area contributed by atoms with Crippen molar-refractivity contribution >= 4 is 11.3 Å². The van der Waals surface area contributed by atoms with Crippen molar-refractivity contribution in [3.8, 4) is 0 Å². The third-order valence-electron chi connectivity index (χ3n) is 2.70. The van der Waals surface area contributed by atoms with Crippen LogP contribution in [0, 0.1) is 6.92 Å². The molecule has 0 unspecified atom stereocenters. The van der Waals surface area contributed by atoms with Crippen molar-refractivity contribution in [1.29, 1.82) is 0 Å². The van der Waals surface area contributed by atoms with Crippen molar-refractivity contribution in [2.75, 3.05) is 26.2 Å². The molecule has 1 aromatic heterocycles. The van der Waals surface area contributed by atoms with Crippen LogP contribution in [0.4, 0.5) is 0 Å². The van der Waals surface area contributed by atoms with E-state index in [-0.39, 0.29) is 0 Å². The fourth-order valence-corrected chi connectivity index (χ4v) is 2.29. The Balaban J connectivity index is 2.04. The molecule has 0 amide bonds. The summed E-state index contributed by atoms with van der Waals surface area (Å²) < 4.78 is 0. The highest BCUT2D eigenvalue weighted by atomic mass is 32.1. The number of thiazole rings is 1. The van der Waals surface area contributed by atoms with Crippen molar-refractivity contribution in [1.82, 2.24) is 15.2 Å². The van der Waals surface area contributed by atoms with E-state index in [1.165, 1.54) is 18.7 Å². The number of rotatable bonds is 8. The number of aryl methyl sites for hydroxylation is 1. The average Bonchev–Trinajstić information content (AvgIpc) is 2.70. The van der Waals surface area contributed by atoms with Crippen molar-refractivity contribution in [3.05, 3.63) is 16.1 Å². The molecule has 16 heavy (non-hydrogen) atoms. The molecule has 92 valence electrons. The van der Waals surface area contributed by atoms with E-state index in [1.54, 1.807) is 11.3 Å². The summed E-state index contributed by atoms with van der Waals surface area (Å²) in [5.41, 5.74) is 1.17. The van der Waals surface area contributed by atoms with Gasteiger partial charge in [-0.2, -0.15) is 0 Å². The fourth-order valence-electron chi connectivity index (χ4n) is 1.67. The quantitative estimate of drug-likeness (QED) is 0.708. The van der Waals surface area contributed by atoms with Gasteiger partial charge in [0, 0.05) is 11.9 Å². The second-order valence-electron chi connectivity index (χ2n) is 3.92. The predicted octanol–water partition coefficient (Wildman–Crippen LogP) is 2.27. The topological polar surface area (TPSA) is 28.2 Å². The van der Waals surface area contributed by atoms with Gasteiger partial charge >= 0.3 is 0 Å². The van der Waals surface area contributed by atoms with Gasteiger partial charge in [0.05, 0.1) is 10.7 Å². The molecule has 1 N–H and O–H groups in total. The molecule has 3 nitrogen and oxygen atoms in total. The van der Waals surface area contributed by atoms with E-state index >= 15 is 0 Å². The minimum atomic E-state index is 0.905. The monoisotopic (exact) mass is 241 g/mol. The van der Waals surface area contributed by atoms with E-state index in [4.69, 9.17) is 0 Å². The molecule has 0 aliphatic heterocycles. The number of nitrogens with zero attached hydrogens (tertiary/aromatic N) is 2. The van der Waals surface area contributed by atoms with Crippen LogP contribution in [0.3, 0.4) is 0 Å². The molecule has 1 heterocycles. The Labute approximate surface area is 103 Å². The first-order valence-electron chi connectivity index (χ1n) is 6.10. The lowest BCUT2D eigenvalue weighted by atomic mass is 10.3. The zero-order valence-corrected chi connectivity index (χ0v) is 11.4. The van der Waals surface area contributed by atoms with Gasteiger partial charge in [-0.05, 0) is 39.5 Å².